The monoisotopic (exact) mass is 375 g/mol. The first kappa shape index (κ1) is 17.0. The van der Waals surface area contributed by atoms with E-state index in [1.807, 2.05) is 0 Å². The van der Waals surface area contributed by atoms with E-state index in [4.69, 9.17) is 0 Å². The third-order valence-electron chi connectivity index (χ3n) is 4.59. The Morgan fingerprint density at radius 3 is 2.33 bits per heavy atom. The van der Waals surface area contributed by atoms with Gasteiger partial charge in [-0.3, -0.25) is 10.1 Å². The topological polar surface area (TPSA) is 83.4 Å². The standard InChI is InChI=1S/C18H12F3N3O3/c19-11-3-1-10(2-4-11)18(16(26)22-17(27)23-18)8-24-7-9-5-13(20)14(21)6-12(9)15(24)25/h1-7,25H,8H2,(H2,22,23,26,27). The Hall–Kier alpha value is -3.49. The van der Waals surface area contributed by atoms with E-state index in [0.29, 0.717) is 0 Å². The zero-order valence-corrected chi connectivity index (χ0v) is 13.6. The average Bonchev–Trinajstić information content (AvgIpc) is 3.06. The van der Waals surface area contributed by atoms with Gasteiger partial charge in [-0.15, -0.1) is 0 Å². The van der Waals surface area contributed by atoms with E-state index in [2.05, 4.69) is 10.6 Å². The van der Waals surface area contributed by atoms with Gasteiger partial charge in [0.25, 0.3) is 5.91 Å². The van der Waals surface area contributed by atoms with Gasteiger partial charge in [-0.05, 0) is 29.8 Å². The van der Waals surface area contributed by atoms with Crippen LogP contribution in [0.3, 0.4) is 0 Å². The van der Waals surface area contributed by atoms with Crippen LogP contribution in [0.4, 0.5) is 18.0 Å². The normalized spacial score (nSPS) is 19.4. The Morgan fingerprint density at radius 2 is 1.70 bits per heavy atom. The van der Waals surface area contributed by atoms with Gasteiger partial charge in [0.05, 0.1) is 6.54 Å². The summed E-state index contributed by atoms with van der Waals surface area (Å²) in [5.74, 6) is -3.84. The van der Waals surface area contributed by atoms with Crippen LogP contribution in [0.15, 0.2) is 42.6 Å². The van der Waals surface area contributed by atoms with E-state index in [-0.39, 0.29) is 22.9 Å². The second-order valence-electron chi connectivity index (χ2n) is 6.25. The molecule has 1 saturated heterocycles. The number of aromatic nitrogens is 1. The molecule has 0 radical (unpaired) electrons. The second kappa shape index (κ2) is 5.76. The van der Waals surface area contributed by atoms with Gasteiger partial charge in [0.2, 0.25) is 0 Å². The van der Waals surface area contributed by atoms with Gasteiger partial charge < -0.3 is 15.0 Å². The lowest BCUT2D eigenvalue weighted by atomic mass is 9.89. The number of carbonyl (C=O) groups is 2. The average molecular weight is 375 g/mol. The first-order valence-corrected chi connectivity index (χ1v) is 7.87. The first-order chi connectivity index (χ1) is 12.8. The Kier molecular flexibility index (Phi) is 3.62. The molecule has 1 aliphatic heterocycles. The van der Waals surface area contributed by atoms with Crippen molar-refractivity contribution >= 4 is 22.7 Å². The molecule has 1 aliphatic rings. The predicted octanol–water partition coefficient (Wildman–Crippen LogP) is 2.50. The van der Waals surface area contributed by atoms with Crippen LogP contribution in [0.25, 0.3) is 10.8 Å². The molecular weight excluding hydrogens is 363 g/mol. The number of halogens is 3. The van der Waals surface area contributed by atoms with E-state index in [9.17, 15) is 27.9 Å². The molecule has 0 aliphatic carbocycles. The fourth-order valence-electron chi connectivity index (χ4n) is 3.25. The molecule has 138 valence electrons. The minimum Gasteiger partial charge on any atom is -0.494 e. The highest BCUT2D eigenvalue weighted by Crippen LogP contribution is 2.34. The van der Waals surface area contributed by atoms with Crippen LogP contribution in [0.1, 0.15) is 5.56 Å². The highest BCUT2D eigenvalue weighted by molar-refractivity contribution is 6.07. The minimum atomic E-state index is -1.63. The summed E-state index contributed by atoms with van der Waals surface area (Å²) in [5, 5.41) is 15.3. The van der Waals surface area contributed by atoms with E-state index >= 15 is 0 Å². The van der Waals surface area contributed by atoms with Gasteiger partial charge in [-0.25, -0.2) is 18.0 Å². The molecule has 2 heterocycles. The number of imide groups is 1. The van der Waals surface area contributed by atoms with Crippen LogP contribution < -0.4 is 10.6 Å². The third-order valence-corrected chi connectivity index (χ3v) is 4.59. The lowest BCUT2D eigenvalue weighted by Crippen LogP contribution is -2.47. The third kappa shape index (κ3) is 2.59. The number of hydrogen-bond donors (Lipinski definition) is 3. The summed E-state index contributed by atoms with van der Waals surface area (Å²) in [4.78, 5) is 24.3. The summed E-state index contributed by atoms with van der Waals surface area (Å²) in [5.41, 5.74) is -1.35. The maximum Gasteiger partial charge on any atom is 0.322 e. The van der Waals surface area contributed by atoms with Crippen molar-refractivity contribution in [2.45, 2.75) is 12.1 Å². The Morgan fingerprint density at radius 1 is 1.04 bits per heavy atom. The molecule has 4 rings (SSSR count). The van der Waals surface area contributed by atoms with Crippen molar-refractivity contribution in [2.75, 3.05) is 0 Å². The van der Waals surface area contributed by atoms with E-state index in [0.717, 1.165) is 24.3 Å². The van der Waals surface area contributed by atoms with Gasteiger partial charge in [-0.1, -0.05) is 12.1 Å². The molecule has 27 heavy (non-hydrogen) atoms. The zero-order valence-electron chi connectivity index (χ0n) is 13.6. The number of nitrogens with one attached hydrogen (secondary N) is 2. The number of hydrogen-bond acceptors (Lipinski definition) is 3. The number of aromatic hydroxyl groups is 1. The highest BCUT2D eigenvalue weighted by atomic mass is 19.2. The largest absolute Gasteiger partial charge is 0.494 e. The van der Waals surface area contributed by atoms with Crippen LogP contribution in [-0.2, 0) is 16.9 Å². The molecule has 3 N–H and O–H groups in total. The summed E-state index contributed by atoms with van der Waals surface area (Å²) in [7, 11) is 0. The molecule has 0 bridgehead atoms. The second-order valence-corrected chi connectivity index (χ2v) is 6.25. The zero-order chi connectivity index (χ0) is 19.3. The summed E-state index contributed by atoms with van der Waals surface area (Å²) in [6.45, 7) is -0.278. The molecule has 1 atom stereocenters. The quantitative estimate of drug-likeness (QED) is 0.615. The molecule has 0 spiro atoms. The lowest BCUT2D eigenvalue weighted by Gasteiger charge is -2.27. The van der Waals surface area contributed by atoms with Crippen molar-refractivity contribution in [1.82, 2.24) is 15.2 Å². The Bertz CT molecular complexity index is 1090. The molecule has 1 aromatic heterocycles. The number of rotatable bonds is 3. The first-order valence-electron chi connectivity index (χ1n) is 7.87. The fourth-order valence-corrected chi connectivity index (χ4v) is 3.25. The number of nitrogens with zero attached hydrogens (tertiary/aromatic N) is 1. The Balaban J connectivity index is 1.85. The maximum absolute atomic E-state index is 13.5. The van der Waals surface area contributed by atoms with Gasteiger partial charge in [0.1, 0.15) is 5.82 Å². The summed E-state index contributed by atoms with van der Waals surface area (Å²) >= 11 is 0. The van der Waals surface area contributed by atoms with Crippen LogP contribution in [0.2, 0.25) is 0 Å². The molecule has 6 nitrogen and oxygen atoms in total. The summed E-state index contributed by atoms with van der Waals surface area (Å²) in [6, 6.07) is 5.93. The molecule has 1 unspecified atom stereocenters. The van der Waals surface area contributed by atoms with Gasteiger partial charge >= 0.3 is 6.03 Å². The molecule has 0 saturated carbocycles. The van der Waals surface area contributed by atoms with Crippen LogP contribution in [-0.4, -0.2) is 21.6 Å². The van der Waals surface area contributed by atoms with Gasteiger partial charge in [0, 0.05) is 17.0 Å². The minimum absolute atomic E-state index is 0.0490. The predicted molar refractivity (Wildman–Crippen MR) is 88.3 cm³/mol. The van der Waals surface area contributed by atoms with Crippen molar-refractivity contribution in [1.29, 1.82) is 0 Å². The SMILES string of the molecule is O=C1NC(=O)C(Cn2cc3cc(F)c(F)cc3c2O)(c2ccc(F)cc2)N1. The lowest BCUT2D eigenvalue weighted by molar-refractivity contribution is -0.124. The summed E-state index contributed by atoms with van der Waals surface area (Å²) in [6.07, 6.45) is 1.33. The highest BCUT2D eigenvalue weighted by Gasteiger charge is 2.48. The number of carbonyl (C=O) groups excluding carboxylic acids is 2. The Labute approximate surface area is 150 Å². The number of urea groups is 1. The molecule has 3 amide bonds. The van der Waals surface area contributed by atoms with Gasteiger partial charge in [0.15, 0.2) is 23.1 Å². The smallest absolute Gasteiger partial charge is 0.322 e. The van der Waals surface area contributed by atoms with Crippen LogP contribution in [0, 0.1) is 17.5 Å². The van der Waals surface area contributed by atoms with Crippen LogP contribution >= 0.6 is 0 Å². The molecule has 9 heteroatoms. The number of benzene rings is 2. The van der Waals surface area contributed by atoms with Crippen molar-refractivity contribution in [3.8, 4) is 5.88 Å². The van der Waals surface area contributed by atoms with Crippen molar-refractivity contribution in [3.05, 3.63) is 65.6 Å². The van der Waals surface area contributed by atoms with E-state index in [1.54, 1.807) is 0 Å². The number of fused-ring (bicyclic) bond motifs is 1. The van der Waals surface area contributed by atoms with E-state index in [1.165, 1.54) is 22.9 Å². The van der Waals surface area contributed by atoms with Crippen molar-refractivity contribution < 1.29 is 27.9 Å². The molecule has 3 aromatic rings. The van der Waals surface area contributed by atoms with Crippen LogP contribution in [0.5, 0.6) is 5.88 Å². The molecular formula is C18H12F3N3O3. The fraction of sp³-hybridized carbons (Fsp3) is 0.111. The summed E-state index contributed by atoms with van der Waals surface area (Å²) < 4.78 is 41.4. The molecule has 2 aromatic carbocycles. The maximum atomic E-state index is 13.5. The number of amides is 3. The van der Waals surface area contributed by atoms with Gasteiger partial charge in [-0.2, -0.15) is 0 Å². The van der Waals surface area contributed by atoms with Crippen molar-refractivity contribution in [3.63, 3.8) is 0 Å². The molecule has 1 fully saturated rings. The van der Waals surface area contributed by atoms with Crippen molar-refractivity contribution in [2.24, 2.45) is 0 Å². The van der Waals surface area contributed by atoms with E-state index < -0.39 is 40.8 Å².